The molecule has 0 saturated carbocycles. The molecule has 7 heteroatoms. The van der Waals surface area contributed by atoms with Crippen LogP contribution in [0.25, 0.3) is 0 Å². The second-order valence-electron chi connectivity index (χ2n) is 5.93. The lowest BCUT2D eigenvalue weighted by molar-refractivity contribution is 0.561. The molecule has 3 nitrogen and oxygen atoms in total. The first-order chi connectivity index (χ1) is 13.0. The van der Waals surface area contributed by atoms with Crippen LogP contribution >= 0.6 is 0 Å². The van der Waals surface area contributed by atoms with Gasteiger partial charge < -0.3 is 10.3 Å². The van der Waals surface area contributed by atoms with E-state index >= 15 is 0 Å². The van der Waals surface area contributed by atoms with Gasteiger partial charge in [-0.3, -0.25) is 0 Å². The molecule has 0 aliphatic rings. The molecule has 140 valence electrons. The van der Waals surface area contributed by atoms with E-state index in [-0.39, 0.29) is 12.2 Å². The third-order valence-corrected chi connectivity index (χ3v) is 4.09. The molecule has 3 aromatic rings. The van der Waals surface area contributed by atoms with Crippen LogP contribution in [0.1, 0.15) is 11.6 Å². The van der Waals surface area contributed by atoms with E-state index < -0.39 is 35.0 Å². The smallest absolute Gasteiger partial charge is 0.150 e. The number of nitrogens with two attached hydrogens (primary N) is 1. The van der Waals surface area contributed by atoms with Gasteiger partial charge in [0.25, 0.3) is 0 Å². The number of halogens is 4. The molecule has 1 unspecified atom stereocenters. The summed E-state index contributed by atoms with van der Waals surface area (Å²) in [5.41, 5.74) is -0.115. The first-order valence-electron chi connectivity index (χ1n) is 8.19. The van der Waals surface area contributed by atoms with Gasteiger partial charge in [-0.25, -0.2) is 23.4 Å². The molecule has 0 aromatic heterocycles. The Morgan fingerprint density at radius 2 is 1.26 bits per heavy atom. The molecule has 0 bridgehead atoms. The topological polar surface area (TPSA) is 41.3 Å². The first-order valence-corrected chi connectivity index (χ1v) is 8.19. The Morgan fingerprint density at radius 1 is 0.741 bits per heavy atom. The molecule has 0 spiro atoms. The summed E-state index contributed by atoms with van der Waals surface area (Å²) >= 11 is 0. The van der Waals surface area contributed by atoms with Crippen LogP contribution < -0.4 is 16.2 Å². The lowest BCUT2D eigenvalue weighted by Crippen LogP contribution is -2.38. The highest BCUT2D eigenvalue weighted by Crippen LogP contribution is 2.28. The normalized spacial score (nSPS) is 11.9. The van der Waals surface area contributed by atoms with Gasteiger partial charge in [-0.1, -0.05) is 42.5 Å². The second-order valence-corrected chi connectivity index (χ2v) is 5.93. The Labute approximate surface area is 154 Å². The van der Waals surface area contributed by atoms with Gasteiger partial charge in [-0.15, -0.1) is 0 Å². The summed E-state index contributed by atoms with van der Waals surface area (Å²) in [5.74, 6) is 2.66. The van der Waals surface area contributed by atoms with Gasteiger partial charge in [-0.2, -0.15) is 0 Å². The van der Waals surface area contributed by atoms with E-state index in [0.717, 1.165) is 29.3 Å². The summed E-state index contributed by atoms with van der Waals surface area (Å²) in [5, 5.41) is 3.64. The molecule has 0 amide bonds. The van der Waals surface area contributed by atoms with Crippen LogP contribution in [0.5, 0.6) is 0 Å². The van der Waals surface area contributed by atoms with Crippen LogP contribution in [0.2, 0.25) is 0 Å². The van der Waals surface area contributed by atoms with Crippen LogP contribution in [-0.2, 0) is 0 Å². The maximum absolute atomic E-state index is 14.0. The Bertz CT molecular complexity index is 878. The van der Waals surface area contributed by atoms with Crippen LogP contribution in [-0.4, -0.2) is 6.54 Å². The molecule has 3 N–H and O–H groups in total. The van der Waals surface area contributed by atoms with E-state index in [1.807, 2.05) is 0 Å². The van der Waals surface area contributed by atoms with Crippen LogP contribution in [0.4, 0.5) is 28.9 Å². The Morgan fingerprint density at radius 3 is 1.81 bits per heavy atom. The molecular weight excluding hydrogens is 358 g/mol. The number of benzene rings is 3. The van der Waals surface area contributed by atoms with Gasteiger partial charge in [0.1, 0.15) is 23.0 Å². The van der Waals surface area contributed by atoms with E-state index in [2.05, 4.69) is 5.32 Å². The Kier molecular flexibility index (Phi) is 5.61. The van der Waals surface area contributed by atoms with Crippen molar-refractivity contribution in [2.24, 2.45) is 5.84 Å². The molecule has 0 aliphatic heterocycles. The maximum atomic E-state index is 14.0. The summed E-state index contributed by atoms with van der Waals surface area (Å²) in [6.07, 6.45) is 0. The fraction of sp³-hybridized carbons (Fsp3) is 0.100. The summed E-state index contributed by atoms with van der Waals surface area (Å²) in [7, 11) is 0. The van der Waals surface area contributed by atoms with E-state index in [1.165, 1.54) is 12.1 Å². The summed E-state index contributed by atoms with van der Waals surface area (Å²) in [6, 6.07) is 14.8. The Balaban J connectivity index is 1.94. The van der Waals surface area contributed by atoms with E-state index in [1.54, 1.807) is 30.3 Å². The average Bonchev–Trinajstić information content (AvgIpc) is 2.64. The molecule has 0 fully saturated rings. The SMILES string of the molecule is NN(CC(Nc1c(F)cccc1F)c1ccccc1)c1c(F)cccc1F. The number of hydrogen-bond acceptors (Lipinski definition) is 3. The van der Waals surface area contributed by atoms with Crippen LogP contribution in [0.3, 0.4) is 0 Å². The highest BCUT2D eigenvalue weighted by Gasteiger charge is 2.21. The van der Waals surface area contributed by atoms with Gasteiger partial charge >= 0.3 is 0 Å². The van der Waals surface area contributed by atoms with Crippen molar-refractivity contribution < 1.29 is 17.6 Å². The van der Waals surface area contributed by atoms with E-state index in [9.17, 15) is 17.6 Å². The molecule has 3 aromatic carbocycles. The van der Waals surface area contributed by atoms with Gasteiger partial charge in [0.05, 0.1) is 12.6 Å². The van der Waals surface area contributed by atoms with Crippen molar-refractivity contribution in [2.45, 2.75) is 6.04 Å². The van der Waals surface area contributed by atoms with Crippen molar-refractivity contribution in [1.29, 1.82) is 0 Å². The molecular formula is C20H17F4N3. The summed E-state index contributed by atoms with van der Waals surface area (Å²) < 4.78 is 56.1. The molecule has 0 radical (unpaired) electrons. The predicted molar refractivity (Wildman–Crippen MR) is 97.1 cm³/mol. The second kappa shape index (κ2) is 8.09. The van der Waals surface area contributed by atoms with Crippen molar-refractivity contribution in [2.75, 3.05) is 16.9 Å². The largest absolute Gasteiger partial charge is 0.372 e. The van der Waals surface area contributed by atoms with Gasteiger partial charge in [0.15, 0.2) is 11.6 Å². The molecule has 0 aliphatic carbocycles. The minimum Gasteiger partial charge on any atom is -0.372 e. The van der Waals surface area contributed by atoms with Crippen LogP contribution in [0.15, 0.2) is 66.7 Å². The minimum absolute atomic E-state index is 0.143. The maximum Gasteiger partial charge on any atom is 0.150 e. The number of hydrogen-bond donors (Lipinski definition) is 2. The monoisotopic (exact) mass is 375 g/mol. The zero-order chi connectivity index (χ0) is 19.4. The quantitative estimate of drug-likeness (QED) is 0.370. The molecule has 27 heavy (non-hydrogen) atoms. The fourth-order valence-electron chi connectivity index (χ4n) is 2.78. The number of nitrogens with zero attached hydrogens (tertiary/aromatic N) is 1. The molecule has 0 saturated heterocycles. The van der Waals surface area contributed by atoms with Crippen molar-refractivity contribution >= 4 is 11.4 Å². The average molecular weight is 375 g/mol. The third-order valence-electron chi connectivity index (χ3n) is 4.09. The minimum atomic E-state index is -0.832. The first kappa shape index (κ1) is 18.7. The standard InChI is InChI=1S/C20H17F4N3/c21-14-8-4-9-15(22)19(14)26-18(13-6-2-1-3-7-13)12-27(25)20-16(23)10-5-11-17(20)24/h1-11,18,26H,12,25H2. The number of rotatable bonds is 6. The van der Waals surface area contributed by atoms with Crippen molar-refractivity contribution in [3.63, 3.8) is 0 Å². The number of nitrogens with one attached hydrogen (secondary N) is 1. The van der Waals surface area contributed by atoms with Crippen molar-refractivity contribution in [1.82, 2.24) is 0 Å². The van der Waals surface area contributed by atoms with E-state index in [0.29, 0.717) is 5.56 Å². The van der Waals surface area contributed by atoms with Gasteiger partial charge in [0, 0.05) is 0 Å². The van der Waals surface area contributed by atoms with E-state index in [4.69, 9.17) is 5.84 Å². The highest BCUT2D eigenvalue weighted by atomic mass is 19.1. The lowest BCUT2D eigenvalue weighted by Gasteiger charge is -2.28. The van der Waals surface area contributed by atoms with Gasteiger partial charge in [0.2, 0.25) is 0 Å². The predicted octanol–water partition coefficient (Wildman–Crippen LogP) is 4.78. The van der Waals surface area contributed by atoms with Crippen LogP contribution in [0, 0.1) is 23.3 Å². The number of para-hydroxylation sites is 2. The third kappa shape index (κ3) is 4.20. The highest BCUT2D eigenvalue weighted by molar-refractivity contribution is 5.51. The zero-order valence-corrected chi connectivity index (χ0v) is 14.2. The van der Waals surface area contributed by atoms with Crippen molar-refractivity contribution in [3.8, 4) is 0 Å². The number of anilines is 2. The molecule has 0 heterocycles. The molecule has 1 atom stereocenters. The summed E-state index contributed by atoms with van der Waals surface area (Å²) in [6.45, 7) is -0.143. The fourth-order valence-corrected chi connectivity index (χ4v) is 2.78. The lowest BCUT2D eigenvalue weighted by atomic mass is 10.1. The van der Waals surface area contributed by atoms with Gasteiger partial charge in [-0.05, 0) is 29.8 Å². The number of hydrazine groups is 1. The zero-order valence-electron chi connectivity index (χ0n) is 14.2. The van der Waals surface area contributed by atoms with Crippen molar-refractivity contribution in [3.05, 3.63) is 95.6 Å². The Hall–Kier alpha value is -3.06. The summed E-state index contributed by atoms with van der Waals surface area (Å²) in [4.78, 5) is 0. The molecule has 3 rings (SSSR count).